The molecule has 3 amide bonds. The van der Waals surface area contributed by atoms with Crippen LogP contribution in [0.3, 0.4) is 0 Å². The number of esters is 2. The lowest BCUT2D eigenvalue weighted by molar-refractivity contribution is -0.151. The second-order valence-electron chi connectivity index (χ2n) is 10.4. The average molecular weight is 572 g/mol. The van der Waals surface area contributed by atoms with Gasteiger partial charge in [-0.3, -0.25) is 29.6 Å². The Kier molecular flexibility index (Phi) is 10.0. The molecule has 1 aliphatic heterocycles. The zero-order valence-electron chi connectivity index (χ0n) is 23.4. The number of carbonyl (C=O) groups is 5. The van der Waals surface area contributed by atoms with Crippen LogP contribution in [0.5, 0.6) is 0 Å². The number of hydrogen-bond acceptors (Lipinski definition) is 7. The van der Waals surface area contributed by atoms with Gasteiger partial charge in [0.2, 0.25) is 5.91 Å². The first kappa shape index (κ1) is 30.0. The summed E-state index contributed by atoms with van der Waals surface area (Å²) < 4.78 is 10.3. The van der Waals surface area contributed by atoms with Crippen molar-refractivity contribution in [3.8, 4) is 0 Å². The number of hydrogen-bond donors (Lipinski definition) is 2. The number of amides is 3. The van der Waals surface area contributed by atoms with E-state index in [-0.39, 0.29) is 18.9 Å². The number of carbonyl (C=O) groups excluding carboxylic acids is 5. The number of hydrazine groups is 1. The highest BCUT2D eigenvalue weighted by atomic mass is 16.5. The molecule has 10 nitrogen and oxygen atoms in total. The first-order valence-electron chi connectivity index (χ1n) is 13.7. The van der Waals surface area contributed by atoms with Gasteiger partial charge >= 0.3 is 11.9 Å². The molecule has 1 heterocycles. The Morgan fingerprint density at radius 1 is 0.857 bits per heavy atom. The molecule has 1 saturated heterocycles. The fourth-order valence-electron chi connectivity index (χ4n) is 4.42. The fourth-order valence-corrected chi connectivity index (χ4v) is 4.42. The van der Waals surface area contributed by atoms with Gasteiger partial charge in [-0.15, -0.1) is 0 Å². The molecule has 1 fully saturated rings. The van der Waals surface area contributed by atoms with E-state index in [1.807, 2.05) is 74.5 Å². The summed E-state index contributed by atoms with van der Waals surface area (Å²) in [7, 11) is 0. The summed E-state index contributed by atoms with van der Waals surface area (Å²) in [6.45, 7) is 3.55. The molecule has 10 heteroatoms. The van der Waals surface area contributed by atoms with Crippen LogP contribution < -0.4 is 10.7 Å². The Labute approximate surface area is 244 Å². The van der Waals surface area contributed by atoms with Gasteiger partial charge in [0.05, 0.1) is 30.6 Å². The summed E-state index contributed by atoms with van der Waals surface area (Å²) >= 11 is 0. The minimum atomic E-state index is -0.839. The third kappa shape index (κ3) is 8.03. The Balaban J connectivity index is 1.27. The SMILES string of the molecule is CC(C)COC(=O)c1ccc(NC(=O)COC(=O)[C@@H]2CC(=O)N(NC(=O)C(c3ccccc3)c3ccccc3)C2)cc1. The number of anilines is 1. The van der Waals surface area contributed by atoms with E-state index < -0.39 is 48.1 Å². The van der Waals surface area contributed by atoms with Crippen LogP contribution in [0.25, 0.3) is 0 Å². The number of nitrogens with zero attached hydrogens (tertiary/aromatic N) is 1. The van der Waals surface area contributed by atoms with Crippen molar-refractivity contribution in [3.05, 3.63) is 102 Å². The summed E-state index contributed by atoms with van der Waals surface area (Å²) in [6.07, 6.45) is -0.156. The summed E-state index contributed by atoms with van der Waals surface area (Å²) in [5.41, 5.74) is 4.94. The minimum Gasteiger partial charge on any atom is -0.462 e. The van der Waals surface area contributed by atoms with Gasteiger partial charge < -0.3 is 14.8 Å². The van der Waals surface area contributed by atoms with E-state index in [1.54, 1.807) is 12.1 Å². The van der Waals surface area contributed by atoms with Crippen molar-refractivity contribution in [2.45, 2.75) is 26.2 Å². The number of ether oxygens (including phenoxy) is 2. The van der Waals surface area contributed by atoms with E-state index in [1.165, 1.54) is 12.1 Å². The Bertz CT molecular complexity index is 1370. The largest absolute Gasteiger partial charge is 0.462 e. The van der Waals surface area contributed by atoms with E-state index in [0.717, 1.165) is 16.1 Å². The molecule has 4 rings (SSSR count). The van der Waals surface area contributed by atoms with Gasteiger partial charge in [0.25, 0.3) is 11.8 Å². The summed E-state index contributed by atoms with van der Waals surface area (Å²) in [6, 6.07) is 24.5. The lowest BCUT2D eigenvalue weighted by Gasteiger charge is -2.23. The van der Waals surface area contributed by atoms with Crippen LogP contribution in [-0.4, -0.2) is 54.4 Å². The normalized spacial score (nSPS) is 14.5. The van der Waals surface area contributed by atoms with Crippen molar-refractivity contribution in [3.63, 3.8) is 0 Å². The van der Waals surface area contributed by atoms with E-state index >= 15 is 0 Å². The van der Waals surface area contributed by atoms with Crippen LogP contribution in [0.4, 0.5) is 5.69 Å². The summed E-state index contributed by atoms with van der Waals surface area (Å²) in [5.74, 6) is -3.88. The van der Waals surface area contributed by atoms with E-state index in [4.69, 9.17) is 9.47 Å². The van der Waals surface area contributed by atoms with Crippen molar-refractivity contribution >= 4 is 35.3 Å². The zero-order valence-corrected chi connectivity index (χ0v) is 23.4. The topological polar surface area (TPSA) is 131 Å². The molecule has 0 spiro atoms. The predicted molar refractivity (Wildman–Crippen MR) is 154 cm³/mol. The Morgan fingerprint density at radius 3 is 2.02 bits per heavy atom. The second kappa shape index (κ2) is 14.1. The molecule has 0 unspecified atom stereocenters. The fraction of sp³-hybridized carbons (Fsp3) is 0.281. The molecular formula is C32H33N3O7. The molecule has 3 aromatic carbocycles. The average Bonchev–Trinajstić information content (AvgIpc) is 3.36. The highest BCUT2D eigenvalue weighted by Gasteiger charge is 2.37. The van der Waals surface area contributed by atoms with E-state index in [2.05, 4.69) is 10.7 Å². The maximum Gasteiger partial charge on any atom is 0.338 e. The van der Waals surface area contributed by atoms with Crippen LogP contribution in [0.2, 0.25) is 0 Å². The van der Waals surface area contributed by atoms with Gasteiger partial charge in [0.1, 0.15) is 0 Å². The molecule has 42 heavy (non-hydrogen) atoms. The molecule has 0 radical (unpaired) electrons. The van der Waals surface area contributed by atoms with Gasteiger partial charge in [-0.1, -0.05) is 74.5 Å². The Morgan fingerprint density at radius 2 is 1.45 bits per heavy atom. The number of nitrogens with one attached hydrogen (secondary N) is 2. The monoisotopic (exact) mass is 571 g/mol. The lowest BCUT2D eigenvalue weighted by Crippen LogP contribution is -2.45. The van der Waals surface area contributed by atoms with Crippen LogP contribution in [0, 0.1) is 11.8 Å². The van der Waals surface area contributed by atoms with Gasteiger partial charge in [-0.25, -0.2) is 4.79 Å². The Hall–Kier alpha value is -4.99. The van der Waals surface area contributed by atoms with E-state index in [0.29, 0.717) is 17.9 Å². The molecule has 3 aromatic rings. The van der Waals surface area contributed by atoms with Crippen molar-refractivity contribution in [1.29, 1.82) is 0 Å². The molecule has 1 atom stereocenters. The molecule has 0 aromatic heterocycles. The standard InChI is InChI=1S/C32H33N3O7/c1-21(2)19-41-31(39)24-13-15-26(16-14-24)33-27(36)20-42-32(40)25-17-28(37)35(18-25)34-30(38)29(22-9-5-3-6-10-22)23-11-7-4-8-12-23/h3-16,21,25,29H,17-20H2,1-2H3,(H,33,36)(H,34,38)/t25-/m1/s1. The first-order valence-corrected chi connectivity index (χ1v) is 13.7. The van der Waals surface area contributed by atoms with Gasteiger partial charge in [0, 0.05) is 12.1 Å². The number of benzene rings is 3. The summed E-state index contributed by atoms with van der Waals surface area (Å²) in [5, 5.41) is 3.71. The smallest absolute Gasteiger partial charge is 0.338 e. The van der Waals surface area contributed by atoms with Crippen molar-refractivity contribution < 1.29 is 33.4 Å². The van der Waals surface area contributed by atoms with Crippen molar-refractivity contribution in [2.75, 3.05) is 25.1 Å². The van der Waals surface area contributed by atoms with Gasteiger partial charge in [0.15, 0.2) is 6.61 Å². The van der Waals surface area contributed by atoms with E-state index in [9.17, 15) is 24.0 Å². The molecule has 0 saturated carbocycles. The van der Waals surface area contributed by atoms with Gasteiger partial charge in [-0.2, -0.15) is 0 Å². The zero-order chi connectivity index (χ0) is 30.1. The molecule has 0 aliphatic carbocycles. The predicted octanol–water partition coefficient (Wildman–Crippen LogP) is 3.69. The highest BCUT2D eigenvalue weighted by Crippen LogP contribution is 2.26. The maximum atomic E-state index is 13.3. The summed E-state index contributed by atoms with van der Waals surface area (Å²) in [4.78, 5) is 63.0. The van der Waals surface area contributed by atoms with Gasteiger partial charge in [-0.05, 0) is 41.3 Å². The minimum absolute atomic E-state index is 0.0737. The first-order chi connectivity index (χ1) is 20.2. The van der Waals surface area contributed by atoms with Crippen molar-refractivity contribution in [2.24, 2.45) is 11.8 Å². The van der Waals surface area contributed by atoms with Crippen LogP contribution in [-0.2, 0) is 28.7 Å². The quantitative estimate of drug-likeness (QED) is 0.336. The molecule has 218 valence electrons. The molecule has 2 N–H and O–H groups in total. The third-order valence-corrected chi connectivity index (χ3v) is 6.53. The highest BCUT2D eigenvalue weighted by molar-refractivity contribution is 5.95. The number of rotatable bonds is 11. The van der Waals surface area contributed by atoms with Crippen LogP contribution >= 0.6 is 0 Å². The lowest BCUT2D eigenvalue weighted by atomic mass is 9.91. The third-order valence-electron chi connectivity index (χ3n) is 6.53. The molecule has 0 bridgehead atoms. The molecule has 1 aliphatic rings. The second-order valence-corrected chi connectivity index (χ2v) is 10.4. The molecular weight excluding hydrogens is 538 g/mol. The van der Waals surface area contributed by atoms with Crippen LogP contribution in [0.1, 0.15) is 47.7 Å². The maximum absolute atomic E-state index is 13.3. The van der Waals surface area contributed by atoms with Crippen LogP contribution in [0.15, 0.2) is 84.9 Å². The van der Waals surface area contributed by atoms with Crippen molar-refractivity contribution in [1.82, 2.24) is 10.4 Å².